The Hall–Kier alpha value is -2.35. The first-order valence-corrected chi connectivity index (χ1v) is 10.9. The maximum Gasteiger partial charge on any atom is 0.328 e. The van der Waals surface area contributed by atoms with Crippen LogP contribution < -0.4 is 10.9 Å². The van der Waals surface area contributed by atoms with Crippen molar-refractivity contribution < 1.29 is 14.3 Å². The average Bonchev–Trinajstić information content (AvgIpc) is 2.74. The first-order valence-electron chi connectivity index (χ1n) is 9.92. The van der Waals surface area contributed by atoms with Gasteiger partial charge in [-0.05, 0) is 24.5 Å². The maximum atomic E-state index is 12.9. The van der Waals surface area contributed by atoms with Crippen molar-refractivity contribution >= 4 is 34.5 Å². The van der Waals surface area contributed by atoms with Crippen molar-refractivity contribution in [2.24, 2.45) is 5.92 Å². The van der Waals surface area contributed by atoms with E-state index in [0.717, 1.165) is 19.3 Å². The highest BCUT2D eigenvalue weighted by Gasteiger charge is 2.26. The number of rotatable bonds is 10. The summed E-state index contributed by atoms with van der Waals surface area (Å²) in [7, 11) is 1.31. The molecule has 0 saturated carbocycles. The van der Waals surface area contributed by atoms with Gasteiger partial charge in [0.2, 0.25) is 5.91 Å². The third kappa shape index (κ3) is 5.82. The van der Waals surface area contributed by atoms with E-state index < -0.39 is 12.0 Å². The number of nitrogens with zero attached hydrogens (tertiary/aromatic N) is 2. The number of methoxy groups -OCH3 is 1. The molecule has 1 amide bonds. The number of hydrogen-bond acceptors (Lipinski definition) is 6. The van der Waals surface area contributed by atoms with Gasteiger partial charge < -0.3 is 10.1 Å². The number of hydrogen-bond donors (Lipinski definition) is 1. The number of fused-ring (bicyclic) bond motifs is 1. The number of carbonyl (C=O) groups is 2. The zero-order chi connectivity index (χ0) is 21.4. The first kappa shape index (κ1) is 22.9. The maximum absolute atomic E-state index is 12.9. The van der Waals surface area contributed by atoms with Gasteiger partial charge >= 0.3 is 5.97 Å². The van der Waals surface area contributed by atoms with Crippen LogP contribution >= 0.6 is 11.8 Å². The summed E-state index contributed by atoms with van der Waals surface area (Å²) in [5, 5.41) is 3.83. The van der Waals surface area contributed by atoms with Crippen molar-refractivity contribution in [3.05, 3.63) is 34.6 Å². The van der Waals surface area contributed by atoms with Gasteiger partial charge in [0, 0.05) is 6.54 Å². The molecule has 158 valence electrons. The minimum Gasteiger partial charge on any atom is -0.467 e. The van der Waals surface area contributed by atoms with E-state index >= 15 is 0 Å². The molecule has 0 aliphatic heterocycles. The highest BCUT2D eigenvalue weighted by Crippen LogP contribution is 2.19. The Morgan fingerprint density at radius 1 is 1.28 bits per heavy atom. The molecule has 8 heteroatoms. The van der Waals surface area contributed by atoms with Gasteiger partial charge in [0.25, 0.3) is 5.56 Å². The van der Waals surface area contributed by atoms with E-state index in [0.29, 0.717) is 22.6 Å². The van der Waals surface area contributed by atoms with E-state index in [2.05, 4.69) is 17.2 Å². The molecular formula is C21H29N3O4S. The summed E-state index contributed by atoms with van der Waals surface area (Å²) in [6, 6.07) is 6.52. The summed E-state index contributed by atoms with van der Waals surface area (Å²) in [6.07, 6.45) is 2.52. The molecule has 1 heterocycles. The molecule has 0 fully saturated rings. The van der Waals surface area contributed by atoms with Gasteiger partial charge in [-0.25, -0.2) is 9.78 Å². The predicted octanol–water partition coefficient (Wildman–Crippen LogP) is 2.99. The van der Waals surface area contributed by atoms with E-state index in [1.54, 1.807) is 16.7 Å². The number of para-hydroxylation sites is 1. The molecule has 1 aromatic heterocycles. The quantitative estimate of drug-likeness (QED) is 0.362. The van der Waals surface area contributed by atoms with Crippen LogP contribution in [-0.4, -0.2) is 40.3 Å². The van der Waals surface area contributed by atoms with E-state index in [1.165, 1.54) is 18.9 Å². The average molecular weight is 420 g/mol. The summed E-state index contributed by atoms with van der Waals surface area (Å²) in [5.74, 6) is -0.740. The fraction of sp³-hybridized carbons (Fsp3) is 0.524. The fourth-order valence-electron chi connectivity index (χ4n) is 2.91. The topological polar surface area (TPSA) is 90.3 Å². The molecule has 2 aromatic rings. The number of ether oxygens (including phenoxy) is 1. The smallest absolute Gasteiger partial charge is 0.328 e. The van der Waals surface area contributed by atoms with Crippen molar-refractivity contribution in [1.29, 1.82) is 0 Å². The van der Waals surface area contributed by atoms with Crippen LogP contribution in [-0.2, 0) is 20.9 Å². The molecule has 2 rings (SSSR count). The lowest BCUT2D eigenvalue weighted by atomic mass is 9.99. The Morgan fingerprint density at radius 3 is 2.66 bits per heavy atom. The summed E-state index contributed by atoms with van der Waals surface area (Å²) < 4.78 is 6.44. The van der Waals surface area contributed by atoms with E-state index in [1.807, 2.05) is 26.0 Å². The van der Waals surface area contributed by atoms with Crippen molar-refractivity contribution in [3.63, 3.8) is 0 Å². The molecule has 0 unspecified atom stereocenters. The molecule has 1 N–H and O–H groups in total. The molecule has 0 aliphatic rings. The van der Waals surface area contributed by atoms with Gasteiger partial charge in [0.15, 0.2) is 5.16 Å². The summed E-state index contributed by atoms with van der Waals surface area (Å²) in [4.78, 5) is 41.9. The molecule has 0 spiro atoms. The summed E-state index contributed by atoms with van der Waals surface area (Å²) in [6.45, 7) is 6.45. The first-order chi connectivity index (χ1) is 13.9. The molecule has 7 nitrogen and oxygen atoms in total. The van der Waals surface area contributed by atoms with E-state index in [4.69, 9.17) is 4.74 Å². The van der Waals surface area contributed by atoms with Crippen molar-refractivity contribution in [1.82, 2.24) is 14.9 Å². The monoisotopic (exact) mass is 419 g/mol. The highest BCUT2D eigenvalue weighted by molar-refractivity contribution is 7.99. The number of carbonyl (C=O) groups excluding carboxylic acids is 2. The van der Waals surface area contributed by atoms with Crippen LogP contribution in [0.25, 0.3) is 10.9 Å². The zero-order valence-electron chi connectivity index (χ0n) is 17.4. The number of thioether (sulfide) groups is 1. The van der Waals surface area contributed by atoms with Gasteiger partial charge in [-0.1, -0.05) is 57.5 Å². The van der Waals surface area contributed by atoms with Crippen LogP contribution in [0.3, 0.4) is 0 Å². The largest absolute Gasteiger partial charge is 0.467 e. The number of amides is 1. The molecule has 0 aliphatic carbocycles. The summed E-state index contributed by atoms with van der Waals surface area (Å²) >= 11 is 1.20. The standard InChI is InChI=1S/C21H29N3O4S/c1-5-7-12-24-19(26)15-10-8-9-11-16(15)22-21(24)29-13-17(25)23-18(14(3)6-2)20(27)28-4/h8-11,14,18H,5-7,12-13H2,1-4H3,(H,23,25)/t14-,18+/m1/s1. The van der Waals surface area contributed by atoms with E-state index in [-0.39, 0.29) is 23.1 Å². The molecule has 2 atom stereocenters. The number of nitrogens with one attached hydrogen (secondary N) is 1. The van der Waals surface area contributed by atoms with Crippen molar-refractivity contribution in [3.8, 4) is 0 Å². The second-order valence-corrected chi connectivity index (χ2v) is 7.91. The molecule has 0 bridgehead atoms. The Kier molecular flexibility index (Phi) is 8.70. The molecule has 1 aromatic carbocycles. The van der Waals surface area contributed by atoms with Gasteiger partial charge in [-0.2, -0.15) is 0 Å². The molecule has 0 saturated heterocycles. The Bertz CT molecular complexity index is 912. The second-order valence-electron chi connectivity index (χ2n) is 6.96. The number of unbranched alkanes of at least 4 members (excludes halogenated alkanes) is 1. The summed E-state index contributed by atoms with van der Waals surface area (Å²) in [5.41, 5.74) is 0.513. The van der Waals surface area contributed by atoms with Crippen molar-refractivity contribution in [2.75, 3.05) is 12.9 Å². The molecule has 29 heavy (non-hydrogen) atoms. The molecule has 0 radical (unpaired) electrons. The second kappa shape index (κ2) is 11.0. The van der Waals surface area contributed by atoms with Gasteiger partial charge in [-0.3, -0.25) is 14.2 Å². The predicted molar refractivity (Wildman–Crippen MR) is 115 cm³/mol. The van der Waals surface area contributed by atoms with E-state index in [9.17, 15) is 14.4 Å². The Labute approximate surface area is 175 Å². The van der Waals surface area contributed by atoms with Crippen molar-refractivity contribution in [2.45, 2.75) is 57.8 Å². The van der Waals surface area contributed by atoms with Crippen LogP contribution in [0, 0.1) is 5.92 Å². The third-order valence-corrected chi connectivity index (χ3v) is 5.86. The third-order valence-electron chi connectivity index (χ3n) is 4.88. The van der Waals surface area contributed by atoms with Crippen LogP contribution in [0.15, 0.2) is 34.2 Å². The lowest BCUT2D eigenvalue weighted by Gasteiger charge is -2.21. The minimum atomic E-state index is -0.690. The van der Waals surface area contributed by atoms with Gasteiger partial charge in [-0.15, -0.1) is 0 Å². The normalized spacial score (nSPS) is 13.1. The number of benzene rings is 1. The lowest BCUT2D eigenvalue weighted by molar-refractivity contribution is -0.146. The van der Waals surface area contributed by atoms with Crippen LogP contribution in [0.4, 0.5) is 0 Å². The molecular weight excluding hydrogens is 390 g/mol. The Morgan fingerprint density at radius 2 is 2.00 bits per heavy atom. The van der Waals surface area contributed by atoms with Gasteiger partial charge in [0.05, 0.1) is 23.8 Å². The fourth-order valence-corrected chi connectivity index (χ4v) is 3.75. The lowest BCUT2D eigenvalue weighted by Crippen LogP contribution is -2.46. The Balaban J connectivity index is 2.21. The number of esters is 1. The zero-order valence-corrected chi connectivity index (χ0v) is 18.3. The highest BCUT2D eigenvalue weighted by atomic mass is 32.2. The van der Waals surface area contributed by atoms with Gasteiger partial charge in [0.1, 0.15) is 6.04 Å². The number of aromatic nitrogens is 2. The minimum absolute atomic E-state index is 0.0436. The van der Waals surface area contributed by atoms with Crippen LogP contribution in [0.1, 0.15) is 40.0 Å². The van der Waals surface area contributed by atoms with Crippen LogP contribution in [0.5, 0.6) is 0 Å². The SMILES string of the molecule is CCCCn1c(SCC(=O)N[C@H](C(=O)OC)[C@H](C)CC)nc2ccccc2c1=O. The van der Waals surface area contributed by atoms with Crippen LogP contribution in [0.2, 0.25) is 0 Å².